The second-order valence-corrected chi connectivity index (χ2v) is 6.08. The largest absolute Gasteiger partial charge is 0.340 e. The van der Waals surface area contributed by atoms with Gasteiger partial charge >= 0.3 is 0 Å². The Morgan fingerprint density at radius 3 is 2.21 bits per heavy atom. The van der Waals surface area contributed by atoms with Crippen LogP contribution >= 0.6 is 15.9 Å². The molecule has 0 aliphatic rings. The minimum absolute atomic E-state index is 0.522. The molecule has 0 amide bonds. The van der Waals surface area contributed by atoms with Crippen molar-refractivity contribution >= 4 is 39.1 Å². The molecular formula is C18H14BrN5. The minimum atomic E-state index is 0.522. The van der Waals surface area contributed by atoms with Crippen molar-refractivity contribution in [3.05, 3.63) is 70.3 Å². The normalized spacial score (nSPS) is 10.0. The van der Waals surface area contributed by atoms with Crippen LogP contribution in [0.4, 0.5) is 23.1 Å². The van der Waals surface area contributed by atoms with Gasteiger partial charge in [0.15, 0.2) is 0 Å². The number of benzene rings is 2. The molecule has 0 aliphatic carbocycles. The Bertz CT molecular complexity index is 883. The maximum absolute atomic E-state index is 8.85. The predicted molar refractivity (Wildman–Crippen MR) is 98.6 cm³/mol. The summed E-state index contributed by atoms with van der Waals surface area (Å²) in [6.07, 6.45) is 0. The van der Waals surface area contributed by atoms with Crippen molar-refractivity contribution in [3.63, 3.8) is 0 Å². The van der Waals surface area contributed by atoms with Gasteiger partial charge in [-0.3, -0.25) is 0 Å². The molecule has 1 heterocycles. The number of aromatic nitrogens is 2. The highest BCUT2D eigenvalue weighted by Crippen LogP contribution is 2.20. The molecular weight excluding hydrogens is 366 g/mol. The van der Waals surface area contributed by atoms with Gasteiger partial charge in [-0.15, -0.1) is 0 Å². The van der Waals surface area contributed by atoms with E-state index in [1.54, 1.807) is 12.1 Å². The van der Waals surface area contributed by atoms with Gasteiger partial charge in [-0.2, -0.15) is 10.2 Å². The summed E-state index contributed by atoms with van der Waals surface area (Å²) >= 11 is 3.41. The average Bonchev–Trinajstić information content (AvgIpc) is 2.57. The summed E-state index contributed by atoms with van der Waals surface area (Å²) in [4.78, 5) is 8.88. The SMILES string of the molecule is Cc1cc(Nc2ccc(C#N)cc2)nc(Nc2ccc(Br)cc2)n1. The first-order chi connectivity index (χ1) is 11.6. The van der Waals surface area contributed by atoms with E-state index in [2.05, 4.69) is 42.6 Å². The number of hydrogen-bond donors (Lipinski definition) is 2. The van der Waals surface area contributed by atoms with Crippen LogP contribution in [0.2, 0.25) is 0 Å². The van der Waals surface area contributed by atoms with E-state index in [1.165, 1.54) is 0 Å². The first kappa shape index (κ1) is 16.0. The summed E-state index contributed by atoms with van der Waals surface area (Å²) in [7, 11) is 0. The Balaban J connectivity index is 1.80. The number of halogens is 1. The highest BCUT2D eigenvalue weighted by Gasteiger charge is 2.04. The van der Waals surface area contributed by atoms with Gasteiger partial charge < -0.3 is 10.6 Å². The molecule has 0 fully saturated rings. The average molecular weight is 380 g/mol. The highest BCUT2D eigenvalue weighted by molar-refractivity contribution is 9.10. The van der Waals surface area contributed by atoms with Crippen LogP contribution in [-0.4, -0.2) is 9.97 Å². The van der Waals surface area contributed by atoms with Crippen LogP contribution in [0, 0.1) is 18.3 Å². The lowest BCUT2D eigenvalue weighted by Crippen LogP contribution is -2.02. The van der Waals surface area contributed by atoms with Gasteiger partial charge in [0, 0.05) is 27.6 Å². The molecule has 0 saturated heterocycles. The lowest BCUT2D eigenvalue weighted by molar-refractivity contribution is 1.11. The third-order valence-corrected chi connectivity index (χ3v) is 3.77. The summed E-state index contributed by atoms with van der Waals surface area (Å²) in [5.74, 6) is 1.21. The highest BCUT2D eigenvalue weighted by atomic mass is 79.9. The van der Waals surface area contributed by atoms with Crippen molar-refractivity contribution in [2.45, 2.75) is 6.92 Å². The molecule has 0 radical (unpaired) electrons. The van der Waals surface area contributed by atoms with Crippen LogP contribution in [0.5, 0.6) is 0 Å². The summed E-state index contributed by atoms with van der Waals surface area (Å²) in [5, 5.41) is 15.3. The monoisotopic (exact) mass is 379 g/mol. The number of hydrogen-bond acceptors (Lipinski definition) is 5. The molecule has 2 N–H and O–H groups in total. The fraction of sp³-hybridized carbons (Fsp3) is 0.0556. The molecule has 3 aromatic rings. The van der Waals surface area contributed by atoms with Crippen LogP contribution in [0.3, 0.4) is 0 Å². The Labute approximate surface area is 148 Å². The third kappa shape index (κ3) is 4.09. The number of rotatable bonds is 4. The van der Waals surface area contributed by atoms with Gasteiger partial charge in [-0.25, -0.2) is 4.98 Å². The van der Waals surface area contributed by atoms with E-state index in [4.69, 9.17) is 5.26 Å². The van der Waals surface area contributed by atoms with E-state index in [0.29, 0.717) is 17.3 Å². The van der Waals surface area contributed by atoms with Gasteiger partial charge in [-0.05, 0) is 55.5 Å². The number of nitrogens with zero attached hydrogens (tertiary/aromatic N) is 3. The van der Waals surface area contributed by atoms with Gasteiger partial charge in [0.1, 0.15) is 5.82 Å². The lowest BCUT2D eigenvalue weighted by Gasteiger charge is -2.10. The Kier molecular flexibility index (Phi) is 4.73. The van der Waals surface area contributed by atoms with Gasteiger partial charge in [0.2, 0.25) is 5.95 Å². The summed E-state index contributed by atoms with van der Waals surface area (Å²) < 4.78 is 1.02. The lowest BCUT2D eigenvalue weighted by atomic mass is 10.2. The van der Waals surface area contributed by atoms with E-state index >= 15 is 0 Å². The van der Waals surface area contributed by atoms with Crippen molar-refractivity contribution in [3.8, 4) is 6.07 Å². The molecule has 0 unspecified atom stereocenters. The van der Waals surface area contributed by atoms with E-state index < -0.39 is 0 Å². The molecule has 0 atom stereocenters. The van der Waals surface area contributed by atoms with Gasteiger partial charge in [0.05, 0.1) is 11.6 Å². The van der Waals surface area contributed by atoms with E-state index in [0.717, 1.165) is 21.5 Å². The summed E-state index contributed by atoms with van der Waals surface area (Å²) in [6, 6.07) is 19.0. The van der Waals surface area contributed by atoms with E-state index in [1.807, 2.05) is 49.4 Å². The van der Waals surface area contributed by atoms with Crippen LogP contribution in [0.1, 0.15) is 11.3 Å². The number of anilines is 4. The smallest absolute Gasteiger partial charge is 0.229 e. The molecule has 2 aromatic carbocycles. The van der Waals surface area contributed by atoms with Crippen molar-refractivity contribution in [2.75, 3.05) is 10.6 Å². The molecule has 5 nitrogen and oxygen atoms in total. The van der Waals surface area contributed by atoms with Crippen LogP contribution < -0.4 is 10.6 Å². The second-order valence-electron chi connectivity index (χ2n) is 5.16. The molecule has 6 heteroatoms. The molecule has 0 saturated carbocycles. The van der Waals surface area contributed by atoms with Crippen LogP contribution in [0.25, 0.3) is 0 Å². The molecule has 0 aliphatic heterocycles. The number of nitrogens with one attached hydrogen (secondary N) is 2. The number of nitriles is 1. The summed E-state index contributed by atoms with van der Waals surface area (Å²) in [5.41, 5.74) is 3.24. The van der Waals surface area contributed by atoms with Crippen molar-refractivity contribution in [1.82, 2.24) is 9.97 Å². The fourth-order valence-corrected chi connectivity index (χ4v) is 2.39. The summed E-state index contributed by atoms with van der Waals surface area (Å²) in [6.45, 7) is 1.92. The minimum Gasteiger partial charge on any atom is -0.340 e. The topological polar surface area (TPSA) is 73.6 Å². The maximum atomic E-state index is 8.85. The standard InChI is InChI=1S/C18H14BrN5/c1-12-10-17(22-15-6-2-13(11-20)3-7-15)24-18(21-12)23-16-8-4-14(19)5-9-16/h2-10H,1H3,(H2,21,22,23,24). The molecule has 24 heavy (non-hydrogen) atoms. The predicted octanol–water partition coefficient (Wildman–Crippen LogP) is 4.91. The van der Waals surface area contributed by atoms with Crippen molar-refractivity contribution in [2.24, 2.45) is 0 Å². The van der Waals surface area contributed by atoms with E-state index in [9.17, 15) is 0 Å². The first-order valence-corrected chi connectivity index (χ1v) is 8.07. The van der Waals surface area contributed by atoms with Crippen molar-refractivity contribution < 1.29 is 0 Å². The Hall–Kier alpha value is -2.91. The quantitative estimate of drug-likeness (QED) is 0.673. The molecule has 1 aromatic heterocycles. The molecule has 3 rings (SSSR count). The zero-order valence-electron chi connectivity index (χ0n) is 12.9. The molecule has 118 valence electrons. The van der Waals surface area contributed by atoms with Crippen molar-refractivity contribution in [1.29, 1.82) is 5.26 Å². The maximum Gasteiger partial charge on any atom is 0.229 e. The molecule has 0 spiro atoms. The zero-order chi connectivity index (χ0) is 16.9. The van der Waals surface area contributed by atoms with Crippen LogP contribution in [-0.2, 0) is 0 Å². The fourth-order valence-electron chi connectivity index (χ4n) is 2.13. The van der Waals surface area contributed by atoms with E-state index in [-0.39, 0.29) is 0 Å². The Morgan fingerprint density at radius 1 is 0.917 bits per heavy atom. The Morgan fingerprint density at radius 2 is 1.54 bits per heavy atom. The number of aryl methyl sites for hydroxylation is 1. The van der Waals surface area contributed by atoms with Crippen LogP contribution in [0.15, 0.2) is 59.1 Å². The second kappa shape index (κ2) is 7.11. The zero-order valence-corrected chi connectivity index (χ0v) is 14.5. The molecule has 0 bridgehead atoms. The van der Waals surface area contributed by atoms with Gasteiger partial charge in [-0.1, -0.05) is 15.9 Å². The van der Waals surface area contributed by atoms with Gasteiger partial charge in [0.25, 0.3) is 0 Å². The third-order valence-electron chi connectivity index (χ3n) is 3.24. The first-order valence-electron chi connectivity index (χ1n) is 7.28.